The molecule has 1 amide bonds. The van der Waals surface area contributed by atoms with E-state index in [0.29, 0.717) is 43.3 Å². The number of nitrogens with one attached hydrogen (secondary N) is 1. The minimum absolute atomic E-state index is 0.0444. The first-order chi connectivity index (χ1) is 12.2. The van der Waals surface area contributed by atoms with Gasteiger partial charge in [-0.1, -0.05) is 24.6 Å². The van der Waals surface area contributed by atoms with Crippen LogP contribution in [0.1, 0.15) is 25.3 Å². The van der Waals surface area contributed by atoms with E-state index in [1.807, 2.05) is 33.2 Å². The first kappa shape index (κ1) is 20.9. The van der Waals surface area contributed by atoms with E-state index in [4.69, 9.17) is 0 Å². The predicted octanol–water partition coefficient (Wildman–Crippen LogP) is 1.71. The van der Waals surface area contributed by atoms with Crippen LogP contribution in [-0.2, 0) is 14.8 Å². The fourth-order valence-electron chi connectivity index (χ4n) is 3.32. The fraction of sp³-hybridized carbons (Fsp3) is 0.632. The zero-order valence-corrected chi connectivity index (χ0v) is 17.1. The molecular weight excluding hydrogens is 350 g/mol. The van der Waals surface area contributed by atoms with Crippen molar-refractivity contribution in [2.24, 2.45) is 11.8 Å². The summed E-state index contributed by atoms with van der Waals surface area (Å²) in [4.78, 5) is 14.8. The van der Waals surface area contributed by atoms with Crippen LogP contribution in [0, 0.1) is 18.8 Å². The lowest BCUT2D eigenvalue weighted by Gasteiger charge is -2.31. The van der Waals surface area contributed by atoms with Gasteiger partial charge in [-0.15, -0.1) is 0 Å². The molecule has 6 nitrogen and oxygen atoms in total. The van der Waals surface area contributed by atoms with Crippen molar-refractivity contribution in [1.82, 2.24) is 14.5 Å². The molecule has 0 bridgehead atoms. The van der Waals surface area contributed by atoms with Gasteiger partial charge in [-0.2, -0.15) is 4.31 Å². The first-order valence-corrected chi connectivity index (χ1v) is 10.6. The number of hydrogen-bond donors (Lipinski definition) is 1. The second-order valence-electron chi connectivity index (χ2n) is 7.60. The fourth-order valence-corrected chi connectivity index (χ4v) is 4.79. The molecule has 1 heterocycles. The van der Waals surface area contributed by atoms with Gasteiger partial charge in [-0.3, -0.25) is 4.79 Å². The van der Waals surface area contributed by atoms with Gasteiger partial charge in [-0.05, 0) is 51.9 Å². The molecule has 1 fully saturated rings. The lowest BCUT2D eigenvalue weighted by molar-refractivity contribution is -0.126. The summed E-state index contributed by atoms with van der Waals surface area (Å²) in [5.41, 5.74) is 1.03. The summed E-state index contributed by atoms with van der Waals surface area (Å²) in [6, 6.07) is 6.91. The predicted molar refractivity (Wildman–Crippen MR) is 103 cm³/mol. The van der Waals surface area contributed by atoms with E-state index in [1.165, 1.54) is 4.31 Å². The maximum absolute atomic E-state index is 12.7. The Kier molecular flexibility index (Phi) is 7.20. The van der Waals surface area contributed by atoms with Gasteiger partial charge in [-0.25, -0.2) is 8.42 Å². The van der Waals surface area contributed by atoms with Gasteiger partial charge in [0.05, 0.1) is 4.90 Å². The Morgan fingerprint density at radius 3 is 2.35 bits per heavy atom. The van der Waals surface area contributed by atoms with Gasteiger partial charge < -0.3 is 10.2 Å². The van der Waals surface area contributed by atoms with E-state index in [1.54, 1.807) is 12.1 Å². The van der Waals surface area contributed by atoms with Crippen LogP contribution in [0.4, 0.5) is 0 Å². The second-order valence-corrected chi connectivity index (χ2v) is 9.54. The van der Waals surface area contributed by atoms with Gasteiger partial charge >= 0.3 is 0 Å². The summed E-state index contributed by atoms with van der Waals surface area (Å²) < 4.78 is 26.9. The molecule has 1 saturated heterocycles. The van der Waals surface area contributed by atoms with Crippen LogP contribution < -0.4 is 5.32 Å². The van der Waals surface area contributed by atoms with Crippen molar-refractivity contribution in [3.05, 3.63) is 29.8 Å². The Bertz CT molecular complexity index is 693. The molecule has 26 heavy (non-hydrogen) atoms. The molecule has 1 aromatic carbocycles. The number of benzene rings is 1. The van der Waals surface area contributed by atoms with Crippen LogP contribution in [0.3, 0.4) is 0 Å². The Morgan fingerprint density at radius 1 is 1.23 bits per heavy atom. The number of amides is 1. The Hall–Kier alpha value is -1.44. The molecular formula is C19H31N3O3S. The molecule has 1 aromatic rings. The zero-order chi connectivity index (χ0) is 19.3. The van der Waals surface area contributed by atoms with Crippen LogP contribution >= 0.6 is 0 Å². The molecule has 2 rings (SSSR count). The highest BCUT2D eigenvalue weighted by atomic mass is 32.2. The van der Waals surface area contributed by atoms with E-state index in [-0.39, 0.29) is 11.8 Å². The number of rotatable bonds is 7. The van der Waals surface area contributed by atoms with Crippen molar-refractivity contribution >= 4 is 15.9 Å². The van der Waals surface area contributed by atoms with Gasteiger partial charge in [0.2, 0.25) is 15.9 Å². The number of hydrogen-bond acceptors (Lipinski definition) is 4. The highest BCUT2D eigenvalue weighted by Crippen LogP contribution is 2.24. The standard InChI is InChI=1S/C19H31N3O3S/c1-15-5-7-18(8-6-15)26(24,25)22-11-9-17(10-12-22)19(23)20-13-16(2)14-21(3)4/h5-8,16-17H,9-14H2,1-4H3,(H,20,23)/t16-/m0/s1. The molecule has 0 unspecified atom stereocenters. The van der Waals surface area contributed by atoms with E-state index in [9.17, 15) is 13.2 Å². The minimum Gasteiger partial charge on any atom is -0.356 e. The van der Waals surface area contributed by atoms with Gasteiger partial charge in [0.1, 0.15) is 0 Å². The first-order valence-electron chi connectivity index (χ1n) is 9.19. The number of piperidine rings is 1. The lowest BCUT2D eigenvalue weighted by atomic mass is 9.97. The lowest BCUT2D eigenvalue weighted by Crippen LogP contribution is -2.44. The van der Waals surface area contributed by atoms with Gasteiger partial charge in [0.15, 0.2) is 0 Å². The second kappa shape index (κ2) is 8.97. The maximum Gasteiger partial charge on any atom is 0.243 e. The summed E-state index contributed by atoms with van der Waals surface area (Å²) in [5.74, 6) is 0.324. The summed E-state index contributed by atoms with van der Waals surface area (Å²) >= 11 is 0. The molecule has 1 aliphatic rings. The van der Waals surface area contributed by atoms with Crippen molar-refractivity contribution in [1.29, 1.82) is 0 Å². The summed E-state index contributed by atoms with van der Waals surface area (Å²) in [6.07, 6.45) is 1.14. The average molecular weight is 382 g/mol. The van der Waals surface area contributed by atoms with Crippen LogP contribution in [-0.4, -0.2) is 63.8 Å². The minimum atomic E-state index is -3.47. The SMILES string of the molecule is Cc1ccc(S(=O)(=O)N2CCC(C(=O)NC[C@H](C)CN(C)C)CC2)cc1. The van der Waals surface area contributed by atoms with Gasteiger partial charge in [0, 0.05) is 32.1 Å². The van der Waals surface area contributed by atoms with Gasteiger partial charge in [0.25, 0.3) is 0 Å². The molecule has 0 aromatic heterocycles. The molecule has 0 radical (unpaired) electrons. The Balaban J connectivity index is 1.86. The van der Waals surface area contributed by atoms with E-state index < -0.39 is 10.0 Å². The molecule has 7 heteroatoms. The molecule has 0 aliphatic carbocycles. The third kappa shape index (κ3) is 5.53. The quantitative estimate of drug-likeness (QED) is 0.781. The van der Waals surface area contributed by atoms with Crippen molar-refractivity contribution < 1.29 is 13.2 Å². The van der Waals surface area contributed by atoms with Crippen molar-refractivity contribution in [2.75, 3.05) is 40.3 Å². The maximum atomic E-state index is 12.7. The van der Waals surface area contributed by atoms with Crippen LogP contribution in [0.25, 0.3) is 0 Å². The third-order valence-electron chi connectivity index (χ3n) is 4.79. The molecule has 1 aliphatic heterocycles. The molecule has 1 atom stereocenters. The van der Waals surface area contributed by atoms with Crippen LogP contribution in [0.2, 0.25) is 0 Å². The summed E-state index contributed by atoms with van der Waals surface area (Å²) in [5, 5.41) is 3.02. The molecule has 0 saturated carbocycles. The normalized spacial score (nSPS) is 18.0. The highest BCUT2D eigenvalue weighted by Gasteiger charge is 2.32. The zero-order valence-electron chi connectivity index (χ0n) is 16.2. The third-order valence-corrected chi connectivity index (χ3v) is 6.70. The molecule has 146 valence electrons. The number of aryl methyl sites for hydroxylation is 1. The summed E-state index contributed by atoms with van der Waals surface area (Å²) in [7, 11) is 0.562. The van der Waals surface area contributed by atoms with E-state index >= 15 is 0 Å². The number of carbonyl (C=O) groups excluding carboxylic acids is 1. The topological polar surface area (TPSA) is 69.7 Å². The van der Waals surface area contributed by atoms with E-state index in [0.717, 1.165) is 12.1 Å². The molecule has 1 N–H and O–H groups in total. The summed E-state index contributed by atoms with van der Waals surface area (Å²) in [6.45, 7) is 6.40. The Morgan fingerprint density at radius 2 is 1.81 bits per heavy atom. The largest absolute Gasteiger partial charge is 0.356 e. The van der Waals surface area contributed by atoms with Crippen molar-refractivity contribution in [3.63, 3.8) is 0 Å². The highest BCUT2D eigenvalue weighted by molar-refractivity contribution is 7.89. The van der Waals surface area contributed by atoms with E-state index in [2.05, 4.69) is 17.1 Å². The Labute approximate surface area is 157 Å². The van der Waals surface area contributed by atoms with Crippen LogP contribution in [0.5, 0.6) is 0 Å². The smallest absolute Gasteiger partial charge is 0.243 e. The number of nitrogens with zero attached hydrogens (tertiary/aromatic N) is 2. The average Bonchev–Trinajstić information content (AvgIpc) is 2.59. The monoisotopic (exact) mass is 381 g/mol. The molecule has 0 spiro atoms. The van der Waals surface area contributed by atoms with Crippen LogP contribution in [0.15, 0.2) is 29.2 Å². The van der Waals surface area contributed by atoms with Crippen molar-refractivity contribution in [3.8, 4) is 0 Å². The van der Waals surface area contributed by atoms with Crippen molar-refractivity contribution in [2.45, 2.75) is 31.6 Å². The number of sulfonamides is 1. The number of carbonyl (C=O) groups is 1.